The van der Waals surface area contributed by atoms with E-state index in [-0.39, 0.29) is 34.6 Å². The zero-order valence-electron chi connectivity index (χ0n) is 14.2. The Morgan fingerprint density at radius 2 is 1.81 bits per heavy atom. The Bertz CT molecular complexity index is 757. The van der Waals surface area contributed by atoms with Crippen molar-refractivity contribution < 1.29 is 22.7 Å². The number of piperidine rings is 1. The molecule has 1 aliphatic rings. The number of nitrogens with one attached hydrogen (secondary N) is 1. The molecule has 10 heteroatoms. The van der Waals surface area contributed by atoms with Gasteiger partial charge < -0.3 is 10.1 Å². The zero-order chi connectivity index (χ0) is 19.3. The number of carbonyl (C=O) groups is 2. The number of carbonyl (C=O) groups excluding carboxylic acids is 2. The number of ether oxygens (including phenoxy) is 1. The molecule has 0 spiro atoms. The van der Waals surface area contributed by atoms with Gasteiger partial charge in [0.2, 0.25) is 10.0 Å². The third kappa shape index (κ3) is 5.33. The van der Waals surface area contributed by atoms with Crippen LogP contribution in [0.5, 0.6) is 0 Å². The average molecular weight is 423 g/mol. The fourth-order valence-corrected chi connectivity index (χ4v) is 4.22. The normalized spacial score (nSPS) is 16.3. The molecular formula is C16H20Cl2N2O5S. The molecule has 7 nitrogen and oxygen atoms in total. The van der Waals surface area contributed by atoms with Crippen LogP contribution in [0.15, 0.2) is 18.2 Å². The summed E-state index contributed by atoms with van der Waals surface area (Å²) in [5.74, 6) is -1.46. The van der Waals surface area contributed by atoms with Crippen LogP contribution in [0.4, 0.5) is 5.69 Å². The van der Waals surface area contributed by atoms with Gasteiger partial charge in [-0.1, -0.05) is 29.3 Å². The van der Waals surface area contributed by atoms with Gasteiger partial charge in [-0.05, 0) is 31.9 Å². The number of para-hydroxylation sites is 1. The number of benzene rings is 1. The van der Waals surface area contributed by atoms with Gasteiger partial charge in [0, 0.05) is 13.1 Å². The first-order valence-electron chi connectivity index (χ1n) is 8.13. The molecule has 1 N–H and O–H groups in total. The average Bonchev–Trinajstić information content (AvgIpc) is 2.63. The standard InChI is InChI=1S/C16H20Cl2N2O5S/c1-2-26(23,24)20-8-6-11(7-9-20)16(22)25-10-14(21)19-15-12(17)4-3-5-13(15)18/h3-5,11H,2,6-10H2,1H3,(H,19,21). The van der Waals surface area contributed by atoms with Crippen LogP contribution in [-0.2, 0) is 24.3 Å². The lowest BCUT2D eigenvalue weighted by Gasteiger charge is -2.29. The summed E-state index contributed by atoms with van der Waals surface area (Å²) in [5.41, 5.74) is 0.259. The molecule has 1 fully saturated rings. The summed E-state index contributed by atoms with van der Waals surface area (Å²) in [5, 5.41) is 3.06. The molecule has 0 aromatic heterocycles. The van der Waals surface area contributed by atoms with Gasteiger partial charge >= 0.3 is 5.97 Å². The topological polar surface area (TPSA) is 92.8 Å². The van der Waals surface area contributed by atoms with Crippen molar-refractivity contribution in [3.63, 3.8) is 0 Å². The van der Waals surface area contributed by atoms with E-state index in [2.05, 4.69) is 5.32 Å². The number of nitrogens with zero attached hydrogens (tertiary/aromatic N) is 1. The summed E-state index contributed by atoms with van der Waals surface area (Å²) in [4.78, 5) is 24.0. The van der Waals surface area contributed by atoms with Crippen LogP contribution in [0.1, 0.15) is 19.8 Å². The van der Waals surface area contributed by atoms with Gasteiger partial charge in [-0.3, -0.25) is 9.59 Å². The highest BCUT2D eigenvalue weighted by atomic mass is 35.5. The number of hydrogen-bond donors (Lipinski definition) is 1. The second-order valence-corrected chi connectivity index (χ2v) is 8.90. The molecule has 0 bridgehead atoms. The van der Waals surface area contributed by atoms with E-state index in [0.29, 0.717) is 12.8 Å². The first kappa shape index (κ1) is 21.0. The van der Waals surface area contributed by atoms with Gasteiger partial charge in [0.05, 0.1) is 27.4 Å². The molecule has 2 rings (SSSR count). The smallest absolute Gasteiger partial charge is 0.309 e. The maximum Gasteiger partial charge on any atom is 0.309 e. The molecule has 26 heavy (non-hydrogen) atoms. The van der Waals surface area contributed by atoms with Gasteiger partial charge in [0.1, 0.15) is 0 Å². The fourth-order valence-electron chi connectivity index (χ4n) is 2.60. The summed E-state index contributed by atoms with van der Waals surface area (Å²) in [6.07, 6.45) is 0.742. The first-order chi connectivity index (χ1) is 12.2. The van der Waals surface area contributed by atoms with Crippen LogP contribution in [0.2, 0.25) is 10.0 Å². The molecule has 1 aliphatic heterocycles. The summed E-state index contributed by atoms with van der Waals surface area (Å²) in [7, 11) is -3.25. The zero-order valence-corrected chi connectivity index (χ0v) is 16.5. The summed E-state index contributed by atoms with van der Waals surface area (Å²) in [6.45, 7) is 1.67. The van der Waals surface area contributed by atoms with Gasteiger partial charge in [-0.2, -0.15) is 0 Å². The third-order valence-corrected chi connectivity index (χ3v) is 6.63. The monoisotopic (exact) mass is 422 g/mol. The number of sulfonamides is 1. The number of halogens is 2. The second kappa shape index (κ2) is 9.03. The number of esters is 1. The predicted molar refractivity (Wildman–Crippen MR) is 99.8 cm³/mol. The second-order valence-electron chi connectivity index (χ2n) is 5.83. The van der Waals surface area contributed by atoms with Crippen LogP contribution >= 0.6 is 23.2 Å². The van der Waals surface area contributed by atoms with E-state index in [1.807, 2.05) is 0 Å². The van der Waals surface area contributed by atoms with Crippen molar-refractivity contribution in [1.82, 2.24) is 4.31 Å². The Morgan fingerprint density at radius 3 is 2.35 bits per heavy atom. The Labute approximate surface area is 162 Å². The van der Waals surface area contributed by atoms with Crippen LogP contribution in [-0.4, -0.2) is 50.0 Å². The van der Waals surface area contributed by atoms with Crippen LogP contribution in [0.25, 0.3) is 0 Å². The lowest BCUT2D eigenvalue weighted by Crippen LogP contribution is -2.41. The summed E-state index contributed by atoms with van der Waals surface area (Å²) < 4.78 is 30.0. The number of anilines is 1. The van der Waals surface area contributed by atoms with Crippen LogP contribution < -0.4 is 5.32 Å². The first-order valence-corrected chi connectivity index (χ1v) is 10.5. The largest absolute Gasteiger partial charge is 0.455 e. The van der Waals surface area contributed by atoms with Gasteiger partial charge in [-0.25, -0.2) is 12.7 Å². The molecule has 0 aliphatic carbocycles. The maximum absolute atomic E-state index is 12.1. The van der Waals surface area contributed by atoms with E-state index in [4.69, 9.17) is 27.9 Å². The van der Waals surface area contributed by atoms with E-state index >= 15 is 0 Å². The molecule has 0 unspecified atom stereocenters. The minimum absolute atomic E-state index is 0.0346. The van der Waals surface area contributed by atoms with E-state index in [9.17, 15) is 18.0 Å². The van der Waals surface area contributed by atoms with Crippen LogP contribution in [0, 0.1) is 5.92 Å². The van der Waals surface area contributed by atoms with Crippen molar-refractivity contribution in [3.05, 3.63) is 28.2 Å². The van der Waals surface area contributed by atoms with Gasteiger partial charge in [0.15, 0.2) is 6.61 Å². The highest BCUT2D eigenvalue weighted by Crippen LogP contribution is 2.29. The minimum atomic E-state index is -3.25. The quantitative estimate of drug-likeness (QED) is 0.710. The maximum atomic E-state index is 12.1. The highest BCUT2D eigenvalue weighted by molar-refractivity contribution is 7.89. The third-order valence-electron chi connectivity index (χ3n) is 4.12. The lowest BCUT2D eigenvalue weighted by molar-refractivity contribution is -0.152. The Morgan fingerprint density at radius 1 is 1.23 bits per heavy atom. The van der Waals surface area contributed by atoms with E-state index in [1.165, 1.54) is 4.31 Å². The van der Waals surface area contributed by atoms with Crippen molar-refractivity contribution in [2.24, 2.45) is 5.92 Å². The molecule has 1 saturated heterocycles. The summed E-state index contributed by atoms with van der Waals surface area (Å²) in [6, 6.07) is 4.80. The van der Waals surface area contributed by atoms with Gasteiger partial charge in [-0.15, -0.1) is 0 Å². The Hall–Kier alpha value is -1.35. The molecule has 1 aromatic rings. The summed E-state index contributed by atoms with van der Waals surface area (Å²) >= 11 is 11.9. The molecule has 0 atom stereocenters. The molecule has 144 valence electrons. The predicted octanol–water partition coefficient (Wildman–Crippen LogP) is 2.54. The van der Waals surface area contributed by atoms with E-state index in [0.717, 1.165) is 0 Å². The Balaban J connectivity index is 1.81. The molecule has 0 saturated carbocycles. The number of amides is 1. The SMILES string of the molecule is CCS(=O)(=O)N1CCC(C(=O)OCC(=O)Nc2c(Cl)cccc2Cl)CC1. The molecule has 1 heterocycles. The van der Waals surface area contributed by atoms with Crippen molar-refractivity contribution in [1.29, 1.82) is 0 Å². The lowest BCUT2D eigenvalue weighted by atomic mass is 9.98. The molecule has 0 radical (unpaired) electrons. The van der Waals surface area contributed by atoms with Crippen molar-refractivity contribution in [3.8, 4) is 0 Å². The Kier molecular flexibility index (Phi) is 7.28. The fraction of sp³-hybridized carbons (Fsp3) is 0.500. The minimum Gasteiger partial charge on any atom is -0.455 e. The highest BCUT2D eigenvalue weighted by Gasteiger charge is 2.31. The number of hydrogen-bond acceptors (Lipinski definition) is 5. The van der Waals surface area contributed by atoms with Crippen molar-refractivity contribution >= 4 is 50.8 Å². The molecule has 1 amide bonds. The number of rotatable bonds is 6. The molecular weight excluding hydrogens is 403 g/mol. The van der Waals surface area contributed by atoms with Crippen molar-refractivity contribution in [2.45, 2.75) is 19.8 Å². The van der Waals surface area contributed by atoms with Crippen LogP contribution in [0.3, 0.4) is 0 Å². The molecule has 1 aromatic carbocycles. The van der Waals surface area contributed by atoms with E-state index in [1.54, 1.807) is 25.1 Å². The van der Waals surface area contributed by atoms with Crippen molar-refractivity contribution in [2.75, 3.05) is 30.8 Å². The van der Waals surface area contributed by atoms with E-state index < -0.39 is 34.4 Å². The van der Waals surface area contributed by atoms with Gasteiger partial charge in [0.25, 0.3) is 5.91 Å².